The largest absolute Gasteiger partial charge is 0.329 e. The number of carbonyl (C=O) groups is 1. The maximum Gasteiger partial charge on any atom is 0.254 e. The number of amides is 1. The molecule has 0 spiro atoms. The topological polar surface area (TPSA) is 38.1 Å². The lowest BCUT2D eigenvalue weighted by Gasteiger charge is -2.22. The van der Waals surface area contributed by atoms with Crippen LogP contribution in [0.5, 0.6) is 0 Å². The van der Waals surface area contributed by atoms with Gasteiger partial charge >= 0.3 is 0 Å². The number of rotatable bonds is 7. The number of carbonyl (C=O) groups excluding carboxylic acids is 1. The van der Waals surface area contributed by atoms with E-state index >= 15 is 0 Å². The van der Waals surface area contributed by atoms with Gasteiger partial charge in [-0.2, -0.15) is 0 Å². The van der Waals surface area contributed by atoms with E-state index in [9.17, 15) is 9.18 Å². The number of imidazole rings is 1. The Morgan fingerprint density at radius 2 is 1.96 bits per heavy atom. The van der Waals surface area contributed by atoms with Crippen molar-refractivity contribution in [1.82, 2.24) is 14.5 Å². The summed E-state index contributed by atoms with van der Waals surface area (Å²) < 4.78 is 15.9. The van der Waals surface area contributed by atoms with Gasteiger partial charge in [-0.1, -0.05) is 35.3 Å². The Kier molecular flexibility index (Phi) is 6.49. The number of benzene rings is 2. The molecular weight excluding hydrogens is 400 g/mol. The van der Waals surface area contributed by atoms with Crippen LogP contribution in [0.2, 0.25) is 10.0 Å². The molecule has 144 valence electrons. The smallest absolute Gasteiger partial charge is 0.254 e. The second kappa shape index (κ2) is 9.04. The van der Waals surface area contributed by atoms with Gasteiger partial charge in [-0.05, 0) is 36.4 Å². The van der Waals surface area contributed by atoms with Crippen LogP contribution in [0.4, 0.5) is 4.39 Å². The van der Waals surface area contributed by atoms with Crippen LogP contribution in [-0.4, -0.2) is 26.9 Å². The molecule has 1 aromatic heterocycles. The van der Waals surface area contributed by atoms with Gasteiger partial charge in [-0.15, -0.1) is 6.58 Å². The molecule has 7 heteroatoms. The fourth-order valence-electron chi connectivity index (χ4n) is 2.81. The molecule has 0 bridgehead atoms. The minimum absolute atomic E-state index is 0.171. The number of nitrogens with zero attached hydrogens (tertiary/aromatic N) is 3. The van der Waals surface area contributed by atoms with Crippen molar-refractivity contribution in [2.45, 2.75) is 13.1 Å². The minimum atomic E-state index is -0.382. The van der Waals surface area contributed by atoms with Crippen molar-refractivity contribution in [3.63, 3.8) is 0 Å². The number of hydrogen-bond donors (Lipinski definition) is 0. The summed E-state index contributed by atoms with van der Waals surface area (Å²) in [5, 5.41) is 0.906. The van der Waals surface area contributed by atoms with Crippen LogP contribution in [-0.2, 0) is 13.1 Å². The highest BCUT2D eigenvalue weighted by molar-refractivity contribution is 6.31. The molecule has 4 nitrogen and oxygen atoms in total. The van der Waals surface area contributed by atoms with Gasteiger partial charge in [0.2, 0.25) is 0 Å². The monoisotopic (exact) mass is 417 g/mol. The van der Waals surface area contributed by atoms with E-state index in [1.165, 1.54) is 6.07 Å². The minimum Gasteiger partial charge on any atom is -0.329 e. The summed E-state index contributed by atoms with van der Waals surface area (Å²) in [7, 11) is 0. The van der Waals surface area contributed by atoms with Crippen LogP contribution in [0.25, 0.3) is 0 Å². The molecule has 3 aromatic rings. The van der Waals surface area contributed by atoms with E-state index in [2.05, 4.69) is 11.6 Å². The molecule has 0 saturated carbocycles. The first-order valence-electron chi connectivity index (χ1n) is 8.58. The lowest BCUT2D eigenvalue weighted by molar-refractivity contribution is 0.0757. The zero-order chi connectivity index (χ0) is 20.1. The van der Waals surface area contributed by atoms with Crippen LogP contribution < -0.4 is 0 Å². The van der Waals surface area contributed by atoms with Gasteiger partial charge in [0.1, 0.15) is 11.6 Å². The number of halogens is 3. The Morgan fingerprint density at radius 3 is 2.64 bits per heavy atom. The first kappa shape index (κ1) is 20.1. The molecule has 0 fully saturated rings. The van der Waals surface area contributed by atoms with Gasteiger partial charge in [0.15, 0.2) is 0 Å². The zero-order valence-corrected chi connectivity index (χ0v) is 16.5. The van der Waals surface area contributed by atoms with Crippen LogP contribution >= 0.6 is 23.2 Å². The van der Waals surface area contributed by atoms with Crippen LogP contribution in [0.3, 0.4) is 0 Å². The molecular formula is C21H18Cl2FN3O. The van der Waals surface area contributed by atoms with Crippen molar-refractivity contribution in [2.75, 3.05) is 6.54 Å². The molecule has 0 aliphatic rings. The summed E-state index contributed by atoms with van der Waals surface area (Å²) in [6.07, 6.45) is 4.99. The van der Waals surface area contributed by atoms with E-state index in [1.54, 1.807) is 64.3 Å². The normalized spacial score (nSPS) is 10.7. The maximum atomic E-state index is 14.1. The second-order valence-corrected chi connectivity index (χ2v) is 7.00. The van der Waals surface area contributed by atoms with Crippen molar-refractivity contribution in [3.05, 3.63) is 100 Å². The summed E-state index contributed by atoms with van der Waals surface area (Å²) in [6.45, 7) is 4.53. The molecule has 0 unspecified atom stereocenters. The molecule has 1 amide bonds. The molecule has 0 aliphatic heterocycles. The Labute approximate surface area is 172 Å². The van der Waals surface area contributed by atoms with Crippen LogP contribution in [0.1, 0.15) is 21.7 Å². The lowest BCUT2D eigenvalue weighted by Crippen LogP contribution is -2.32. The first-order valence-corrected chi connectivity index (χ1v) is 9.34. The van der Waals surface area contributed by atoms with E-state index in [1.807, 2.05) is 0 Å². The highest BCUT2D eigenvalue weighted by Crippen LogP contribution is 2.21. The molecule has 0 N–H and O–H groups in total. The molecule has 28 heavy (non-hydrogen) atoms. The van der Waals surface area contributed by atoms with E-state index in [0.29, 0.717) is 33.5 Å². The Morgan fingerprint density at radius 1 is 1.21 bits per heavy atom. The molecule has 1 heterocycles. The van der Waals surface area contributed by atoms with Crippen molar-refractivity contribution < 1.29 is 9.18 Å². The SMILES string of the molecule is C=CCN(Cc1nccn1Cc1c(F)cccc1Cl)C(=O)c1ccc(Cl)cc1. The van der Waals surface area contributed by atoms with Crippen molar-refractivity contribution in [2.24, 2.45) is 0 Å². The van der Waals surface area contributed by atoms with Gasteiger partial charge in [-0.3, -0.25) is 4.79 Å². The predicted octanol–water partition coefficient (Wildman–Crippen LogP) is 5.21. The van der Waals surface area contributed by atoms with Crippen molar-refractivity contribution >= 4 is 29.1 Å². The Bertz CT molecular complexity index is 965. The van der Waals surface area contributed by atoms with Gasteiger partial charge in [-0.25, -0.2) is 9.37 Å². The fourth-order valence-corrected chi connectivity index (χ4v) is 3.16. The van der Waals surface area contributed by atoms with Gasteiger partial charge < -0.3 is 9.47 Å². The summed E-state index contributed by atoms with van der Waals surface area (Å²) in [5.74, 6) is 0.0610. The van der Waals surface area contributed by atoms with Gasteiger partial charge in [0.05, 0.1) is 13.1 Å². The van der Waals surface area contributed by atoms with Crippen molar-refractivity contribution in [1.29, 1.82) is 0 Å². The number of aromatic nitrogens is 2. The van der Waals surface area contributed by atoms with Crippen LogP contribution in [0.15, 0.2) is 67.5 Å². The fraction of sp³-hybridized carbons (Fsp3) is 0.143. The van der Waals surface area contributed by atoms with Crippen molar-refractivity contribution in [3.8, 4) is 0 Å². The van der Waals surface area contributed by atoms with Gasteiger partial charge in [0.25, 0.3) is 5.91 Å². The van der Waals surface area contributed by atoms with E-state index in [-0.39, 0.29) is 24.8 Å². The quantitative estimate of drug-likeness (QED) is 0.495. The first-order chi connectivity index (χ1) is 13.5. The summed E-state index contributed by atoms with van der Waals surface area (Å²) in [4.78, 5) is 18.8. The van der Waals surface area contributed by atoms with Crippen LogP contribution in [0, 0.1) is 5.82 Å². The highest BCUT2D eigenvalue weighted by Gasteiger charge is 2.18. The third-order valence-corrected chi connectivity index (χ3v) is 4.86. The molecule has 3 rings (SSSR count). The molecule has 0 atom stereocenters. The highest BCUT2D eigenvalue weighted by atomic mass is 35.5. The molecule has 2 aromatic carbocycles. The Balaban J connectivity index is 1.83. The average Bonchev–Trinajstić information content (AvgIpc) is 3.11. The maximum absolute atomic E-state index is 14.1. The number of hydrogen-bond acceptors (Lipinski definition) is 2. The summed E-state index contributed by atoms with van der Waals surface area (Å²) in [6, 6.07) is 11.3. The lowest BCUT2D eigenvalue weighted by atomic mass is 10.2. The van der Waals surface area contributed by atoms with E-state index in [0.717, 1.165) is 0 Å². The Hall–Kier alpha value is -2.63. The van der Waals surface area contributed by atoms with Gasteiger partial charge in [0, 0.05) is 40.1 Å². The predicted molar refractivity (Wildman–Crippen MR) is 109 cm³/mol. The van der Waals surface area contributed by atoms with E-state index < -0.39 is 0 Å². The zero-order valence-electron chi connectivity index (χ0n) is 15.0. The second-order valence-electron chi connectivity index (χ2n) is 6.15. The van der Waals surface area contributed by atoms with E-state index in [4.69, 9.17) is 23.2 Å². The standard InChI is InChI=1S/C21H18Cl2FN3O/c1-2-11-27(21(28)15-6-8-16(22)9-7-15)14-20-25-10-12-26(20)13-17-18(23)4-3-5-19(17)24/h2-10,12H,1,11,13-14H2. The molecule has 0 radical (unpaired) electrons. The summed E-state index contributed by atoms with van der Waals surface area (Å²) in [5.41, 5.74) is 0.893. The third kappa shape index (κ3) is 4.61. The molecule has 0 saturated heterocycles. The molecule has 0 aliphatic carbocycles. The third-order valence-electron chi connectivity index (χ3n) is 4.25. The summed E-state index contributed by atoms with van der Waals surface area (Å²) >= 11 is 12.0. The average molecular weight is 418 g/mol.